The Hall–Kier alpha value is -0.980. The SMILES string of the molecule is C.C=C/C=C\C=C(/CCCC)OC. The molecule has 0 spiro atoms. The molecule has 0 aromatic heterocycles. The summed E-state index contributed by atoms with van der Waals surface area (Å²) in [6, 6.07) is 0. The van der Waals surface area contributed by atoms with E-state index in [-0.39, 0.29) is 7.43 Å². The molecule has 0 fully saturated rings. The molecule has 0 aromatic carbocycles. The number of unbranched alkanes of at least 4 members (excludes halogenated alkanes) is 1. The molecule has 0 unspecified atom stereocenters. The Morgan fingerprint density at radius 3 is 2.54 bits per heavy atom. The molecule has 0 radical (unpaired) electrons. The summed E-state index contributed by atoms with van der Waals surface area (Å²) in [5.41, 5.74) is 0. The van der Waals surface area contributed by atoms with Gasteiger partial charge in [-0.25, -0.2) is 0 Å². The van der Waals surface area contributed by atoms with E-state index in [9.17, 15) is 0 Å². The predicted molar refractivity (Wildman–Crippen MR) is 60.7 cm³/mol. The normalized spacial score (nSPS) is 11.1. The molecule has 1 heteroatoms. The van der Waals surface area contributed by atoms with Crippen molar-refractivity contribution < 1.29 is 4.74 Å². The molecule has 0 amide bonds. The molecule has 13 heavy (non-hydrogen) atoms. The van der Waals surface area contributed by atoms with Crippen molar-refractivity contribution in [3.8, 4) is 0 Å². The fourth-order valence-electron chi connectivity index (χ4n) is 0.846. The van der Waals surface area contributed by atoms with Crippen molar-refractivity contribution >= 4 is 0 Å². The van der Waals surface area contributed by atoms with Gasteiger partial charge in [-0.05, 0) is 12.5 Å². The highest BCUT2D eigenvalue weighted by atomic mass is 16.5. The number of hydrogen-bond acceptors (Lipinski definition) is 1. The lowest BCUT2D eigenvalue weighted by molar-refractivity contribution is 0.275. The standard InChI is InChI=1S/C11H18O.CH4/c1-4-6-8-10-11(12-3)9-7-5-2;/h4,6,8,10H,1,5,7,9H2,2-3H3;1H4/b8-6-,11-10+;. The van der Waals surface area contributed by atoms with Crippen LogP contribution in [0, 0.1) is 0 Å². The zero-order chi connectivity index (χ0) is 9.23. The van der Waals surface area contributed by atoms with Crippen LogP contribution >= 0.6 is 0 Å². The Morgan fingerprint density at radius 1 is 1.38 bits per heavy atom. The van der Waals surface area contributed by atoms with Gasteiger partial charge in [-0.15, -0.1) is 0 Å². The first-order valence-corrected chi connectivity index (χ1v) is 4.37. The summed E-state index contributed by atoms with van der Waals surface area (Å²) < 4.78 is 5.17. The Kier molecular flexibility index (Phi) is 12.3. The van der Waals surface area contributed by atoms with Gasteiger partial charge in [0.25, 0.3) is 0 Å². The summed E-state index contributed by atoms with van der Waals surface area (Å²) >= 11 is 0. The predicted octanol–water partition coefficient (Wildman–Crippen LogP) is 4.09. The van der Waals surface area contributed by atoms with E-state index < -0.39 is 0 Å². The Morgan fingerprint density at radius 2 is 2.08 bits per heavy atom. The molecule has 0 atom stereocenters. The van der Waals surface area contributed by atoms with Crippen LogP contribution in [0.25, 0.3) is 0 Å². The van der Waals surface area contributed by atoms with Crippen LogP contribution in [-0.2, 0) is 4.74 Å². The zero-order valence-electron chi connectivity index (χ0n) is 8.05. The van der Waals surface area contributed by atoms with Gasteiger partial charge >= 0.3 is 0 Å². The third-order valence-electron chi connectivity index (χ3n) is 1.57. The zero-order valence-corrected chi connectivity index (χ0v) is 8.05. The van der Waals surface area contributed by atoms with Gasteiger partial charge in [0, 0.05) is 6.42 Å². The second kappa shape index (κ2) is 11.0. The van der Waals surface area contributed by atoms with Crippen molar-refractivity contribution in [1.29, 1.82) is 0 Å². The average Bonchev–Trinajstić information content (AvgIpc) is 2.11. The van der Waals surface area contributed by atoms with E-state index in [4.69, 9.17) is 4.74 Å². The van der Waals surface area contributed by atoms with Gasteiger partial charge in [-0.1, -0.05) is 45.6 Å². The maximum absolute atomic E-state index is 5.17. The van der Waals surface area contributed by atoms with Crippen molar-refractivity contribution in [2.24, 2.45) is 0 Å². The molecule has 0 aromatic rings. The Bertz CT molecular complexity index is 166. The van der Waals surface area contributed by atoms with Crippen LogP contribution < -0.4 is 0 Å². The van der Waals surface area contributed by atoms with Crippen LogP contribution in [0.3, 0.4) is 0 Å². The summed E-state index contributed by atoms with van der Waals surface area (Å²) in [5.74, 6) is 1.04. The number of rotatable bonds is 6. The van der Waals surface area contributed by atoms with Crippen LogP contribution in [0.15, 0.2) is 36.6 Å². The molecule has 0 aliphatic heterocycles. The molecule has 0 aliphatic rings. The van der Waals surface area contributed by atoms with Gasteiger partial charge in [0.15, 0.2) is 0 Å². The van der Waals surface area contributed by atoms with E-state index in [1.54, 1.807) is 13.2 Å². The Labute approximate surface area is 82.8 Å². The highest BCUT2D eigenvalue weighted by Crippen LogP contribution is 2.07. The third-order valence-corrected chi connectivity index (χ3v) is 1.57. The van der Waals surface area contributed by atoms with Crippen molar-refractivity contribution in [3.63, 3.8) is 0 Å². The van der Waals surface area contributed by atoms with E-state index >= 15 is 0 Å². The molecule has 76 valence electrons. The van der Waals surface area contributed by atoms with E-state index in [0.29, 0.717) is 0 Å². The molecule has 0 heterocycles. The number of allylic oxidation sites excluding steroid dienone is 5. The van der Waals surface area contributed by atoms with E-state index in [1.165, 1.54) is 12.8 Å². The molecule has 0 aliphatic carbocycles. The van der Waals surface area contributed by atoms with Crippen molar-refractivity contribution in [2.45, 2.75) is 33.6 Å². The lowest BCUT2D eigenvalue weighted by Gasteiger charge is -2.02. The quantitative estimate of drug-likeness (QED) is 0.444. The maximum atomic E-state index is 5.17. The summed E-state index contributed by atoms with van der Waals surface area (Å²) in [7, 11) is 1.71. The van der Waals surface area contributed by atoms with Gasteiger partial charge in [0.1, 0.15) is 0 Å². The number of ether oxygens (including phenoxy) is 1. The van der Waals surface area contributed by atoms with Crippen LogP contribution in [0.5, 0.6) is 0 Å². The van der Waals surface area contributed by atoms with E-state index in [1.807, 2.05) is 18.2 Å². The molecular formula is C12H22O. The van der Waals surface area contributed by atoms with Crippen LogP contribution in [0.1, 0.15) is 33.6 Å². The van der Waals surface area contributed by atoms with Crippen molar-refractivity contribution in [3.05, 3.63) is 36.6 Å². The molecule has 1 nitrogen and oxygen atoms in total. The van der Waals surface area contributed by atoms with E-state index in [0.717, 1.165) is 12.2 Å². The lowest BCUT2D eigenvalue weighted by atomic mass is 10.2. The monoisotopic (exact) mass is 182 g/mol. The van der Waals surface area contributed by atoms with Crippen LogP contribution in [0.4, 0.5) is 0 Å². The fraction of sp³-hybridized carbons (Fsp3) is 0.500. The molecule has 0 N–H and O–H groups in total. The molecule has 0 saturated heterocycles. The maximum Gasteiger partial charge on any atom is 0.0955 e. The molecule has 0 saturated carbocycles. The van der Waals surface area contributed by atoms with Crippen LogP contribution in [0.2, 0.25) is 0 Å². The fourth-order valence-corrected chi connectivity index (χ4v) is 0.846. The number of hydrogen-bond donors (Lipinski definition) is 0. The van der Waals surface area contributed by atoms with Gasteiger partial charge in [-0.3, -0.25) is 0 Å². The second-order valence-corrected chi connectivity index (χ2v) is 2.56. The van der Waals surface area contributed by atoms with Gasteiger partial charge in [0.2, 0.25) is 0 Å². The van der Waals surface area contributed by atoms with Crippen molar-refractivity contribution in [1.82, 2.24) is 0 Å². The first kappa shape index (κ1) is 14.5. The van der Waals surface area contributed by atoms with Gasteiger partial charge in [0.05, 0.1) is 12.9 Å². The third kappa shape index (κ3) is 8.93. The van der Waals surface area contributed by atoms with Gasteiger partial charge < -0.3 is 4.74 Å². The summed E-state index contributed by atoms with van der Waals surface area (Å²) in [6.45, 7) is 5.76. The summed E-state index contributed by atoms with van der Waals surface area (Å²) in [5, 5.41) is 0. The molecular weight excluding hydrogens is 160 g/mol. The minimum absolute atomic E-state index is 0. The van der Waals surface area contributed by atoms with E-state index in [2.05, 4.69) is 13.5 Å². The highest BCUT2D eigenvalue weighted by Gasteiger charge is 1.91. The average molecular weight is 182 g/mol. The lowest BCUT2D eigenvalue weighted by Crippen LogP contribution is -1.85. The number of methoxy groups -OCH3 is 1. The Balaban J connectivity index is 0. The summed E-state index contributed by atoms with van der Waals surface area (Å²) in [4.78, 5) is 0. The largest absolute Gasteiger partial charge is 0.501 e. The smallest absolute Gasteiger partial charge is 0.0955 e. The molecule has 0 rings (SSSR count). The van der Waals surface area contributed by atoms with Gasteiger partial charge in [-0.2, -0.15) is 0 Å². The second-order valence-electron chi connectivity index (χ2n) is 2.56. The topological polar surface area (TPSA) is 9.23 Å². The highest BCUT2D eigenvalue weighted by molar-refractivity contribution is 5.12. The minimum Gasteiger partial charge on any atom is -0.501 e. The van der Waals surface area contributed by atoms with Crippen LogP contribution in [-0.4, -0.2) is 7.11 Å². The molecule has 0 bridgehead atoms. The minimum atomic E-state index is 0. The van der Waals surface area contributed by atoms with Crippen molar-refractivity contribution in [2.75, 3.05) is 7.11 Å². The first-order valence-electron chi connectivity index (χ1n) is 4.37. The summed E-state index contributed by atoms with van der Waals surface area (Å²) in [6.07, 6.45) is 11.0. The first-order chi connectivity index (χ1) is 5.85.